The number of thiophene rings is 1. The van der Waals surface area contributed by atoms with Crippen LogP contribution in [-0.2, 0) is 6.54 Å². The summed E-state index contributed by atoms with van der Waals surface area (Å²) in [5.74, 6) is 0. The molecule has 1 spiro atoms. The molecule has 1 aromatic rings. The van der Waals surface area contributed by atoms with E-state index < -0.39 is 0 Å². The van der Waals surface area contributed by atoms with Gasteiger partial charge in [0.1, 0.15) is 0 Å². The van der Waals surface area contributed by atoms with Gasteiger partial charge in [-0.1, -0.05) is 26.2 Å². The van der Waals surface area contributed by atoms with Gasteiger partial charge in [-0.25, -0.2) is 0 Å². The smallest absolute Gasteiger partial charge is 0.0309 e. The highest BCUT2D eigenvalue weighted by Gasteiger charge is 2.39. The molecule has 0 aromatic carbocycles. The molecule has 1 unspecified atom stereocenters. The van der Waals surface area contributed by atoms with E-state index >= 15 is 0 Å². The molecule has 1 aliphatic carbocycles. The van der Waals surface area contributed by atoms with Crippen molar-refractivity contribution in [3.05, 3.63) is 22.4 Å². The molecule has 3 rings (SSSR count). The molecular formula is C16H26N2S. The Labute approximate surface area is 121 Å². The lowest BCUT2D eigenvalue weighted by atomic mass is 9.79. The van der Waals surface area contributed by atoms with Crippen LogP contribution < -0.4 is 5.32 Å². The van der Waals surface area contributed by atoms with Crippen molar-refractivity contribution in [3.63, 3.8) is 0 Å². The minimum absolute atomic E-state index is 0.430. The fourth-order valence-corrected chi connectivity index (χ4v) is 4.47. The molecule has 1 aliphatic heterocycles. The van der Waals surface area contributed by atoms with Crippen molar-refractivity contribution in [2.24, 2.45) is 0 Å². The first-order chi connectivity index (χ1) is 9.31. The van der Waals surface area contributed by atoms with Gasteiger partial charge in [0.05, 0.1) is 0 Å². The van der Waals surface area contributed by atoms with E-state index in [4.69, 9.17) is 0 Å². The second-order valence-corrected chi connectivity index (χ2v) is 7.10. The van der Waals surface area contributed by atoms with E-state index in [2.05, 4.69) is 34.0 Å². The average molecular weight is 278 g/mol. The summed E-state index contributed by atoms with van der Waals surface area (Å²) in [6.45, 7) is 5.90. The topological polar surface area (TPSA) is 15.3 Å². The first kappa shape index (κ1) is 13.6. The van der Waals surface area contributed by atoms with E-state index in [0.29, 0.717) is 11.6 Å². The molecule has 2 nitrogen and oxygen atoms in total. The van der Waals surface area contributed by atoms with Crippen LogP contribution in [0.1, 0.15) is 51.0 Å². The SMILES string of the molecule is CCC1CNC2(CCCCC2)CN1Cc1ccsc1. The van der Waals surface area contributed by atoms with Gasteiger partial charge >= 0.3 is 0 Å². The lowest BCUT2D eigenvalue weighted by Gasteiger charge is -2.49. The van der Waals surface area contributed by atoms with Crippen LogP contribution in [0.5, 0.6) is 0 Å². The number of piperazine rings is 1. The first-order valence-electron chi connectivity index (χ1n) is 7.81. The molecule has 19 heavy (non-hydrogen) atoms. The molecule has 1 saturated carbocycles. The third-order valence-electron chi connectivity index (χ3n) is 4.98. The van der Waals surface area contributed by atoms with E-state index in [1.165, 1.54) is 57.2 Å². The van der Waals surface area contributed by atoms with E-state index in [9.17, 15) is 0 Å². The molecule has 2 aliphatic rings. The van der Waals surface area contributed by atoms with Crippen molar-refractivity contribution in [1.82, 2.24) is 10.2 Å². The third kappa shape index (κ3) is 3.04. The zero-order chi connectivity index (χ0) is 13.1. The van der Waals surface area contributed by atoms with Crippen LogP contribution in [0.3, 0.4) is 0 Å². The molecular weight excluding hydrogens is 252 g/mol. The summed E-state index contributed by atoms with van der Waals surface area (Å²) in [7, 11) is 0. The summed E-state index contributed by atoms with van der Waals surface area (Å²) in [5.41, 5.74) is 1.93. The van der Waals surface area contributed by atoms with E-state index in [1.807, 2.05) is 11.3 Å². The summed E-state index contributed by atoms with van der Waals surface area (Å²) < 4.78 is 0. The van der Waals surface area contributed by atoms with Crippen molar-refractivity contribution < 1.29 is 0 Å². The number of hydrogen-bond donors (Lipinski definition) is 1. The number of nitrogens with zero attached hydrogens (tertiary/aromatic N) is 1. The Morgan fingerprint density at radius 3 is 2.89 bits per heavy atom. The Kier molecular flexibility index (Phi) is 4.25. The maximum absolute atomic E-state index is 3.91. The van der Waals surface area contributed by atoms with Gasteiger partial charge in [0, 0.05) is 31.2 Å². The summed E-state index contributed by atoms with van der Waals surface area (Å²) in [5, 5.41) is 8.42. The van der Waals surface area contributed by atoms with Crippen molar-refractivity contribution in [1.29, 1.82) is 0 Å². The average Bonchev–Trinajstić information content (AvgIpc) is 2.93. The molecule has 1 atom stereocenters. The molecule has 3 heteroatoms. The van der Waals surface area contributed by atoms with E-state index in [-0.39, 0.29) is 0 Å². The van der Waals surface area contributed by atoms with Crippen LogP contribution >= 0.6 is 11.3 Å². The Bertz CT molecular complexity index is 381. The van der Waals surface area contributed by atoms with Crippen molar-refractivity contribution >= 4 is 11.3 Å². The summed E-state index contributed by atoms with van der Waals surface area (Å²) in [6, 6.07) is 3.00. The predicted octanol–water partition coefficient (Wildman–Crippen LogP) is 3.63. The molecule has 2 heterocycles. The van der Waals surface area contributed by atoms with Gasteiger partial charge in [0.2, 0.25) is 0 Å². The highest BCUT2D eigenvalue weighted by Crippen LogP contribution is 2.33. The minimum Gasteiger partial charge on any atom is -0.308 e. The lowest BCUT2D eigenvalue weighted by Crippen LogP contribution is -2.64. The van der Waals surface area contributed by atoms with Crippen molar-refractivity contribution in [2.75, 3.05) is 13.1 Å². The second kappa shape index (κ2) is 5.94. The van der Waals surface area contributed by atoms with Crippen molar-refractivity contribution in [2.45, 2.75) is 63.6 Å². The third-order valence-corrected chi connectivity index (χ3v) is 5.71. The van der Waals surface area contributed by atoms with E-state index in [1.54, 1.807) is 0 Å². The van der Waals surface area contributed by atoms with Gasteiger partial charge < -0.3 is 5.32 Å². The molecule has 1 aromatic heterocycles. The quantitative estimate of drug-likeness (QED) is 0.908. The number of rotatable bonds is 3. The maximum atomic E-state index is 3.91. The van der Waals surface area contributed by atoms with Crippen molar-refractivity contribution in [3.8, 4) is 0 Å². The Morgan fingerprint density at radius 2 is 2.21 bits per heavy atom. The molecule has 2 fully saturated rings. The molecule has 0 amide bonds. The predicted molar refractivity (Wildman–Crippen MR) is 82.6 cm³/mol. The molecule has 0 bridgehead atoms. The number of nitrogens with one attached hydrogen (secondary N) is 1. The normalized spacial score (nSPS) is 27.7. The lowest BCUT2D eigenvalue weighted by molar-refractivity contribution is 0.0485. The zero-order valence-corrected chi connectivity index (χ0v) is 12.8. The van der Waals surface area contributed by atoms with Crippen LogP contribution in [-0.4, -0.2) is 29.6 Å². The summed E-state index contributed by atoms with van der Waals surface area (Å²) >= 11 is 1.82. The largest absolute Gasteiger partial charge is 0.308 e. The Balaban J connectivity index is 1.70. The van der Waals surface area contributed by atoms with Gasteiger partial charge in [0.25, 0.3) is 0 Å². The monoisotopic (exact) mass is 278 g/mol. The second-order valence-electron chi connectivity index (χ2n) is 6.32. The van der Waals surface area contributed by atoms with E-state index in [0.717, 1.165) is 6.54 Å². The first-order valence-corrected chi connectivity index (χ1v) is 8.76. The van der Waals surface area contributed by atoms with Gasteiger partial charge in [-0.15, -0.1) is 0 Å². The van der Waals surface area contributed by atoms with Crippen LogP contribution in [0, 0.1) is 0 Å². The Hall–Kier alpha value is -0.380. The van der Waals surface area contributed by atoms with Crippen LogP contribution in [0.2, 0.25) is 0 Å². The summed E-state index contributed by atoms with van der Waals surface area (Å²) in [6.07, 6.45) is 8.28. The number of hydrogen-bond acceptors (Lipinski definition) is 3. The van der Waals surface area contributed by atoms with Crippen LogP contribution in [0.15, 0.2) is 16.8 Å². The molecule has 106 valence electrons. The fourth-order valence-electron chi connectivity index (χ4n) is 3.81. The van der Waals surface area contributed by atoms with Crippen LogP contribution in [0.4, 0.5) is 0 Å². The van der Waals surface area contributed by atoms with Gasteiger partial charge in [-0.05, 0) is 41.7 Å². The maximum Gasteiger partial charge on any atom is 0.0309 e. The highest BCUT2D eigenvalue weighted by atomic mass is 32.1. The van der Waals surface area contributed by atoms with Crippen LogP contribution in [0.25, 0.3) is 0 Å². The summed E-state index contributed by atoms with van der Waals surface area (Å²) in [4.78, 5) is 2.74. The van der Waals surface area contributed by atoms with Gasteiger partial charge in [0.15, 0.2) is 0 Å². The fraction of sp³-hybridized carbons (Fsp3) is 0.750. The minimum atomic E-state index is 0.430. The van der Waals surface area contributed by atoms with Gasteiger partial charge in [-0.3, -0.25) is 4.90 Å². The molecule has 1 saturated heterocycles. The molecule has 0 radical (unpaired) electrons. The standard InChI is InChI=1S/C16H26N2S/c1-2-15-10-17-16(7-4-3-5-8-16)13-18(15)11-14-6-9-19-12-14/h6,9,12,15,17H,2-5,7-8,10-11,13H2,1H3. The highest BCUT2D eigenvalue weighted by molar-refractivity contribution is 7.07. The molecule has 1 N–H and O–H groups in total. The zero-order valence-electron chi connectivity index (χ0n) is 12.0. The van der Waals surface area contributed by atoms with Gasteiger partial charge in [-0.2, -0.15) is 11.3 Å². The Morgan fingerprint density at radius 1 is 1.37 bits per heavy atom.